The Labute approximate surface area is 112 Å². The second-order valence-electron chi connectivity index (χ2n) is 4.10. The second-order valence-corrected chi connectivity index (χ2v) is 4.66. The van der Waals surface area contributed by atoms with Crippen LogP contribution < -0.4 is 0 Å². The number of alkyl halides is 1. The summed E-state index contributed by atoms with van der Waals surface area (Å²) in [4.78, 5) is 0. The summed E-state index contributed by atoms with van der Waals surface area (Å²) in [6, 6.07) is 13.1. The number of rotatable bonds is 2. The molecule has 0 N–H and O–H groups in total. The minimum absolute atomic E-state index is 0.317. The van der Waals surface area contributed by atoms with Crippen LogP contribution in [0.25, 0.3) is 22.1 Å². The van der Waals surface area contributed by atoms with Crippen molar-refractivity contribution in [3.63, 3.8) is 0 Å². The number of halogens is 2. The van der Waals surface area contributed by atoms with Gasteiger partial charge in [-0.15, -0.1) is 0 Å². The molecule has 0 unspecified atom stereocenters. The van der Waals surface area contributed by atoms with E-state index in [0.29, 0.717) is 5.58 Å². The van der Waals surface area contributed by atoms with Gasteiger partial charge >= 0.3 is 0 Å². The topological polar surface area (TPSA) is 13.1 Å². The molecule has 2 aromatic carbocycles. The summed E-state index contributed by atoms with van der Waals surface area (Å²) in [5.41, 5.74) is 3.48. The number of fused-ring (bicyclic) bond motifs is 1. The Morgan fingerprint density at radius 1 is 1.06 bits per heavy atom. The monoisotopic (exact) mass is 304 g/mol. The van der Waals surface area contributed by atoms with Gasteiger partial charge in [0, 0.05) is 16.3 Å². The zero-order chi connectivity index (χ0) is 12.5. The molecule has 0 atom stereocenters. The van der Waals surface area contributed by atoms with Gasteiger partial charge in [0.15, 0.2) is 11.4 Å². The van der Waals surface area contributed by atoms with Crippen LogP contribution in [0.15, 0.2) is 53.1 Å². The maximum Gasteiger partial charge on any atom is 0.170 e. The number of furan rings is 1. The highest BCUT2D eigenvalue weighted by molar-refractivity contribution is 9.08. The third kappa shape index (κ3) is 1.85. The van der Waals surface area contributed by atoms with Crippen molar-refractivity contribution in [2.24, 2.45) is 0 Å². The molecule has 0 saturated carbocycles. The molecule has 0 bridgehead atoms. The van der Waals surface area contributed by atoms with Crippen molar-refractivity contribution >= 4 is 26.9 Å². The standard InChI is InChI=1S/C15H10BrFO/c16-8-10-4-6-11(7-5-10)13-9-18-15-12(13)2-1-3-14(15)17/h1-7,9H,8H2. The van der Waals surface area contributed by atoms with Gasteiger partial charge in [0.25, 0.3) is 0 Å². The molecule has 3 aromatic rings. The normalized spacial score (nSPS) is 11.0. The Hall–Kier alpha value is -1.61. The van der Waals surface area contributed by atoms with Crippen LogP contribution >= 0.6 is 15.9 Å². The minimum Gasteiger partial charge on any atom is -0.461 e. The lowest BCUT2D eigenvalue weighted by molar-refractivity contribution is 0.561. The van der Waals surface area contributed by atoms with E-state index in [1.54, 1.807) is 12.3 Å². The highest BCUT2D eigenvalue weighted by atomic mass is 79.9. The van der Waals surface area contributed by atoms with E-state index in [4.69, 9.17) is 4.42 Å². The molecule has 0 aliphatic rings. The first-order valence-electron chi connectivity index (χ1n) is 5.60. The average molecular weight is 305 g/mol. The first-order valence-corrected chi connectivity index (χ1v) is 6.73. The van der Waals surface area contributed by atoms with Crippen LogP contribution in [-0.2, 0) is 5.33 Å². The van der Waals surface area contributed by atoms with Gasteiger partial charge in [0.05, 0.1) is 6.26 Å². The van der Waals surface area contributed by atoms with E-state index in [1.165, 1.54) is 11.6 Å². The molecular formula is C15H10BrFO. The minimum atomic E-state index is -0.323. The molecule has 0 amide bonds. The molecule has 0 radical (unpaired) electrons. The van der Waals surface area contributed by atoms with Crippen molar-refractivity contribution in [2.45, 2.75) is 5.33 Å². The lowest BCUT2D eigenvalue weighted by Crippen LogP contribution is -1.79. The van der Waals surface area contributed by atoms with Crippen molar-refractivity contribution in [1.82, 2.24) is 0 Å². The van der Waals surface area contributed by atoms with Crippen molar-refractivity contribution in [2.75, 3.05) is 0 Å². The highest BCUT2D eigenvalue weighted by Gasteiger charge is 2.10. The lowest BCUT2D eigenvalue weighted by atomic mass is 10.0. The molecule has 0 aliphatic carbocycles. The molecule has 90 valence electrons. The Morgan fingerprint density at radius 2 is 1.83 bits per heavy atom. The smallest absolute Gasteiger partial charge is 0.170 e. The van der Waals surface area contributed by atoms with E-state index in [1.807, 2.05) is 30.3 Å². The number of benzene rings is 2. The van der Waals surface area contributed by atoms with E-state index < -0.39 is 0 Å². The molecule has 18 heavy (non-hydrogen) atoms. The van der Waals surface area contributed by atoms with E-state index in [9.17, 15) is 4.39 Å². The van der Waals surface area contributed by atoms with Crippen LogP contribution in [0.4, 0.5) is 4.39 Å². The summed E-state index contributed by atoms with van der Waals surface area (Å²) in [6.07, 6.45) is 1.61. The molecular weight excluding hydrogens is 295 g/mol. The molecule has 1 nitrogen and oxygen atoms in total. The fraction of sp³-hybridized carbons (Fsp3) is 0.0667. The first-order chi connectivity index (χ1) is 8.79. The zero-order valence-corrected chi connectivity index (χ0v) is 11.1. The maximum absolute atomic E-state index is 13.5. The van der Waals surface area contributed by atoms with Gasteiger partial charge in [-0.1, -0.05) is 52.3 Å². The summed E-state index contributed by atoms with van der Waals surface area (Å²) in [5, 5.41) is 1.63. The Morgan fingerprint density at radius 3 is 2.56 bits per heavy atom. The van der Waals surface area contributed by atoms with Gasteiger partial charge in [0.2, 0.25) is 0 Å². The molecule has 3 rings (SSSR count). The number of hydrogen-bond acceptors (Lipinski definition) is 1. The molecule has 0 fully saturated rings. The molecule has 0 saturated heterocycles. The quantitative estimate of drug-likeness (QED) is 0.598. The van der Waals surface area contributed by atoms with Gasteiger partial charge in [-0.25, -0.2) is 4.39 Å². The van der Waals surface area contributed by atoms with Gasteiger partial charge in [0.1, 0.15) is 0 Å². The third-order valence-electron chi connectivity index (χ3n) is 2.97. The van der Waals surface area contributed by atoms with Gasteiger partial charge in [-0.05, 0) is 17.2 Å². The summed E-state index contributed by atoms with van der Waals surface area (Å²) in [7, 11) is 0. The van der Waals surface area contributed by atoms with Crippen molar-refractivity contribution < 1.29 is 8.81 Å². The van der Waals surface area contributed by atoms with E-state index in [-0.39, 0.29) is 5.82 Å². The Kier molecular flexibility index (Phi) is 2.92. The number of hydrogen-bond donors (Lipinski definition) is 0. The predicted octanol–water partition coefficient (Wildman–Crippen LogP) is 5.13. The van der Waals surface area contributed by atoms with Crippen LogP contribution in [0.3, 0.4) is 0 Å². The van der Waals surface area contributed by atoms with Crippen molar-refractivity contribution in [3.8, 4) is 11.1 Å². The SMILES string of the molecule is Fc1cccc2c(-c3ccc(CBr)cc3)coc12. The van der Waals surface area contributed by atoms with Crippen LogP contribution in [-0.4, -0.2) is 0 Å². The largest absolute Gasteiger partial charge is 0.461 e. The number of para-hydroxylation sites is 1. The van der Waals surface area contributed by atoms with Crippen LogP contribution in [0.2, 0.25) is 0 Å². The Balaban J connectivity index is 2.16. The molecule has 3 heteroatoms. The van der Waals surface area contributed by atoms with Gasteiger partial charge in [-0.3, -0.25) is 0 Å². The average Bonchev–Trinajstić information content (AvgIpc) is 2.84. The molecule has 0 spiro atoms. The van der Waals surface area contributed by atoms with Gasteiger partial charge < -0.3 is 4.42 Å². The summed E-state index contributed by atoms with van der Waals surface area (Å²) < 4.78 is 18.8. The van der Waals surface area contributed by atoms with Crippen molar-refractivity contribution in [1.29, 1.82) is 0 Å². The van der Waals surface area contributed by atoms with Crippen LogP contribution in [0, 0.1) is 5.82 Å². The highest BCUT2D eigenvalue weighted by Crippen LogP contribution is 2.32. The van der Waals surface area contributed by atoms with Crippen molar-refractivity contribution in [3.05, 3.63) is 60.1 Å². The summed E-state index contributed by atoms with van der Waals surface area (Å²) in [6.45, 7) is 0. The lowest BCUT2D eigenvalue weighted by Gasteiger charge is -2.00. The molecule has 1 aromatic heterocycles. The van der Waals surface area contributed by atoms with E-state index in [2.05, 4.69) is 15.9 Å². The second kappa shape index (κ2) is 4.58. The fourth-order valence-corrected chi connectivity index (χ4v) is 2.39. The molecule has 0 aliphatic heterocycles. The molecule has 1 heterocycles. The van der Waals surface area contributed by atoms with E-state index >= 15 is 0 Å². The zero-order valence-electron chi connectivity index (χ0n) is 9.49. The summed E-state index contributed by atoms with van der Waals surface area (Å²) in [5.74, 6) is -0.323. The van der Waals surface area contributed by atoms with Crippen LogP contribution in [0.1, 0.15) is 5.56 Å². The third-order valence-corrected chi connectivity index (χ3v) is 3.62. The Bertz CT molecular complexity index is 685. The first kappa shape index (κ1) is 11.5. The van der Waals surface area contributed by atoms with Gasteiger partial charge in [-0.2, -0.15) is 0 Å². The fourth-order valence-electron chi connectivity index (χ4n) is 2.02. The van der Waals surface area contributed by atoms with E-state index in [0.717, 1.165) is 21.8 Å². The maximum atomic E-state index is 13.5. The summed E-state index contributed by atoms with van der Waals surface area (Å²) >= 11 is 3.41. The predicted molar refractivity (Wildman–Crippen MR) is 74.2 cm³/mol. The van der Waals surface area contributed by atoms with Crippen LogP contribution in [0.5, 0.6) is 0 Å².